The summed E-state index contributed by atoms with van der Waals surface area (Å²) in [6.45, 7) is 2.99. The quantitative estimate of drug-likeness (QED) is 0.739. The first-order valence-corrected chi connectivity index (χ1v) is 10.1. The fourth-order valence-electron chi connectivity index (χ4n) is 3.66. The van der Waals surface area contributed by atoms with Gasteiger partial charge < -0.3 is 5.32 Å². The second-order valence-corrected chi connectivity index (χ2v) is 8.02. The molecule has 0 atom stereocenters. The second-order valence-electron chi connectivity index (χ2n) is 7.03. The lowest BCUT2D eigenvalue weighted by Crippen LogP contribution is -2.45. The van der Waals surface area contributed by atoms with Crippen molar-refractivity contribution in [1.82, 2.24) is 14.8 Å². The highest BCUT2D eigenvalue weighted by molar-refractivity contribution is 7.16. The first kappa shape index (κ1) is 17.9. The van der Waals surface area contributed by atoms with Crippen LogP contribution in [-0.2, 0) is 17.9 Å². The molecule has 1 amide bonds. The third-order valence-corrected chi connectivity index (χ3v) is 6.04. The summed E-state index contributed by atoms with van der Waals surface area (Å²) in [6.07, 6.45) is 1.88. The number of fused-ring (bicyclic) bond motifs is 1. The Labute approximate surface area is 162 Å². The van der Waals surface area contributed by atoms with Crippen LogP contribution in [0.4, 0.5) is 0 Å². The van der Waals surface area contributed by atoms with Gasteiger partial charge in [-0.3, -0.25) is 19.1 Å². The zero-order valence-corrected chi connectivity index (χ0v) is 16.0. The van der Waals surface area contributed by atoms with E-state index < -0.39 is 0 Å². The predicted octanol–water partition coefficient (Wildman–Crippen LogP) is 2.84. The van der Waals surface area contributed by atoms with Gasteiger partial charge >= 0.3 is 4.87 Å². The Bertz CT molecular complexity index is 972. The van der Waals surface area contributed by atoms with Gasteiger partial charge in [-0.05, 0) is 30.5 Å². The van der Waals surface area contributed by atoms with Gasteiger partial charge in [-0.15, -0.1) is 0 Å². The first-order chi connectivity index (χ1) is 13.2. The van der Waals surface area contributed by atoms with Crippen molar-refractivity contribution in [1.29, 1.82) is 0 Å². The summed E-state index contributed by atoms with van der Waals surface area (Å²) in [6, 6.07) is 18.3. The molecule has 2 aromatic carbocycles. The minimum atomic E-state index is -0.0813. The van der Waals surface area contributed by atoms with Crippen LogP contribution in [0.25, 0.3) is 10.2 Å². The van der Waals surface area contributed by atoms with E-state index in [1.54, 1.807) is 4.57 Å². The van der Waals surface area contributed by atoms with Gasteiger partial charge in [0.25, 0.3) is 0 Å². The SMILES string of the molecule is O=C(Cn1c(=O)sc2ccccc21)NC1CCN(Cc2ccccc2)CC1. The van der Waals surface area contributed by atoms with Gasteiger partial charge in [0.15, 0.2) is 0 Å². The molecule has 1 aromatic heterocycles. The van der Waals surface area contributed by atoms with Crippen LogP contribution in [-0.4, -0.2) is 34.5 Å². The normalized spacial score (nSPS) is 15.9. The second kappa shape index (κ2) is 8.06. The van der Waals surface area contributed by atoms with Crippen molar-refractivity contribution >= 4 is 27.5 Å². The molecule has 0 unspecified atom stereocenters. The number of nitrogens with one attached hydrogen (secondary N) is 1. The predicted molar refractivity (Wildman–Crippen MR) is 109 cm³/mol. The summed E-state index contributed by atoms with van der Waals surface area (Å²) in [5, 5.41) is 3.11. The van der Waals surface area contributed by atoms with Crippen molar-refractivity contribution in [2.24, 2.45) is 0 Å². The largest absolute Gasteiger partial charge is 0.352 e. The summed E-state index contributed by atoms with van der Waals surface area (Å²) < 4.78 is 2.49. The van der Waals surface area contributed by atoms with Gasteiger partial charge in [0.2, 0.25) is 5.91 Å². The number of rotatable bonds is 5. The van der Waals surface area contributed by atoms with Gasteiger partial charge in [-0.25, -0.2) is 0 Å². The molecule has 1 fully saturated rings. The van der Waals surface area contributed by atoms with E-state index in [0.717, 1.165) is 42.7 Å². The van der Waals surface area contributed by atoms with Gasteiger partial charge in [-0.2, -0.15) is 0 Å². The highest BCUT2D eigenvalue weighted by Gasteiger charge is 2.21. The van der Waals surface area contributed by atoms with Crippen LogP contribution in [0.1, 0.15) is 18.4 Å². The number of amides is 1. The lowest BCUT2D eigenvalue weighted by molar-refractivity contribution is -0.122. The van der Waals surface area contributed by atoms with Crippen molar-refractivity contribution in [3.05, 3.63) is 69.8 Å². The van der Waals surface area contributed by atoms with Gasteiger partial charge in [0.1, 0.15) is 6.54 Å². The van der Waals surface area contributed by atoms with Crippen molar-refractivity contribution in [2.75, 3.05) is 13.1 Å². The van der Waals surface area contributed by atoms with E-state index >= 15 is 0 Å². The van der Waals surface area contributed by atoms with Crippen molar-refractivity contribution < 1.29 is 4.79 Å². The minimum absolute atomic E-state index is 0.0796. The molecule has 3 aromatic rings. The third kappa shape index (κ3) is 4.28. The highest BCUT2D eigenvalue weighted by atomic mass is 32.1. The number of para-hydroxylation sites is 1. The van der Waals surface area contributed by atoms with Crippen LogP contribution >= 0.6 is 11.3 Å². The molecule has 6 heteroatoms. The Morgan fingerprint density at radius 3 is 2.52 bits per heavy atom. The Balaban J connectivity index is 1.30. The molecule has 0 bridgehead atoms. The van der Waals surface area contributed by atoms with Gasteiger partial charge in [-0.1, -0.05) is 53.8 Å². The number of benzene rings is 2. The molecule has 0 saturated carbocycles. The number of carbonyl (C=O) groups excluding carboxylic acids is 1. The average molecular weight is 382 g/mol. The van der Waals surface area contributed by atoms with Crippen molar-refractivity contribution in [2.45, 2.75) is 32.0 Å². The Hall–Kier alpha value is -2.44. The summed E-state index contributed by atoms with van der Waals surface area (Å²) in [5.74, 6) is -0.0813. The van der Waals surface area contributed by atoms with E-state index in [0.29, 0.717) is 0 Å². The molecule has 4 rings (SSSR count). The van der Waals surface area contributed by atoms with E-state index in [1.807, 2.05) is 30.3 Å². The lowest BCUT2D eigenvalue weighted by Gasteiger charge is -2.32. The maximum atomic E-state index is 12.5. The fraction of sp³-hybridized carbons (Fsp3) is 0.333. The number of hydrogen-bond acceptors (Lipinski definition) is 4. The summed E-state index contributed by atoms with van der Waals surface area (Å²) in [7, 11) is 0. The van der Waals surface area contributed by atoms with Crippen LogP contribution in [0, 0.1) is 0 Å². The zero-order valence-electron chi connectivity index (χ0n) is 15.1. The molecule has 1 N–H and O–H groups in total. The molecule has 0 aliphatic carbocycles. The molecule has 27 heavy (non-hydrogen) atoms. The molecular weight excluding hydrogens is 358 g/mol. The number of likely N-dealkylation sites (tertiary alicyclic amines) is 1. The zero-order chi connectivity index (χ0) is 18.6. The highest BCUT2D eigenvalue weighted by Crippen LogP contribution is 2.17. The van der Waals surface area contributed by atoms with E-state index in [1.165, 1.54) is 16.9 Å². The molecule has 1 aliphatic heterocycles. The topological polar surface area (TPSA) is 54.3 Å². The number of nitrogens with zero attached hydrogens (tertiary/aromatic N) is 2. The summed E-state index contributed by atoms with van der Waals surface area (Å²) in [4.78, 5) is 27.0. The number of thiazole rings is 1. The van der Waals surface area contributed by atoms with Gasteiger partial charge in [0.05, 0.1) is 10.2 Å². The van der Waals surface area contributed by atoms with Crippen LogP contribution in [0.5, 0.6) is 0 Å². The maximum Gasteiger partial charge on any atom is 0.308 e. The maximum absolute atomic E-state index is 12.5. The van der Waals surface area contributed by atoms with E-state index in [9.17, 15) is 9.59 Å². The standard InChI is InChI=1S/C21H23N3O2S/c25-20(15-24-18-8-4-5-9-19(18)27-21(24)26)22-17-10-12-23(13-11-17)14-16-6-2-1-3-7-16/h1-9,17H,10-15H2,(H,22,25). The molecular formula is C21H23N3O2S. The minimum Gasteiger partial charge on any atom is -0.352 e. The van der Waals surface area contributed by atoms with Crippen LogP contribution in [0.2, 0.25) is 0 Å². The van der Waals surface area contributed by atoms with Crippen molar-refractivity contribution in [3.8, 4) is 0 Å². The lowest BCUT2D eigenvalue weighted by atomic mass is 10.0. The first-order valence-electron chi connectivity index (χ1n) is 9.33. The number of hydrogen-bond donors (Lipinski definition) is 1. The molecule has 140 valence electrons. The third-order valence-electron chi connectivity index (χ3n) is 5.08. The Morgan fingerprint density at radius 1 is 1.04 bits per heavy atom. The van der Waals surface area contributed by atoms with Crippen LogP contribution < -0.4 is 10.2 Å². The van der Waals surface area contributed by atoms with E-state index in [-0.39, 0.29) is 23.4 Å². The molecule has 0 spiro atoms. The van der Waals surface area contributed by atoms with Crippen LogP contribution in [0.15, 0.2) is 59.4 Å². The average Bonchev–Trinajstić information content (AvgIpc) is 2.99. The summed E-state index contributed by atoms with van der Waals surface area (Å²) >= 11 is 1.19. The Kier molecular flexibility index (Phi) is 5.36. The molecule has 2 heterocycles. The number of carbonyl (C=O) groups is 1. The van der Waals surface area contributed by atoms with Crippen LogP contribution in [0.3, 0.4) is 0 Å². The molecule has 1 saturated heterocycles. The monoisotopic (exact) mass is 381 g/mol. The van der Waals surface area contributed by atoms with E-state index in [2.05, 4.69) is 34.5 Å². The van der Waals surface area contributed by atoms with Gasteiger partial charge in [0, 0.05) is 25.7 Å². The summed E-state index contributed by atoms with van der Waals surface area (Å²) in [5.41, 5.74) is 2.16. The fourth-order valence-corrected chi connectivity index (χ4v) is 4.55. The number of aromatic nitrogens is 1. The Morgan fingerprint density at radius 2 is 1.74 bits per heavy atom. The number of piperidine rings is 1. The van der Waals surface area contributed by atoms with Crippen molar-refractivity contribution in [3.63, 3.8) is 0 Å². The smallest absolute Gasteiger partial charge is 0.308 e. The molecule has 1 aliphatic rings. The molecule has 5 nitrogen and oxygen atoms in total. The molecule has 0 radical (unpaired) electrons. The van der Waals surface area contributed by atoms with E-state index in [4.69, 9.17) is 0 Å².